The number of nitrogen functional groups attached to an aromatic ring is 1. The third-order valence-electron chi connectivity index (χ3n) is 3.47. The van der Waals surface area contributed by atoms with Crippen molar-refractivity contribution >= 4 is 23.1 Å². The number of likely N-dealkylation sites (tertiary alicyclic amines) is 1. The van der Waals surface area contributed by atoms with Crippen molar-refractivity contribution in [2.75, 3.05) is 37.2 Å². The van der Waals surface area contributed by atoms with Gasteiger partial charge < -0.3 is 16.0 Å². The Morgan fingerprint density at radius 2 is 2.11 bits per heavy atom. The molecule has 1 aliphatic heterocycles. The third kappa shape index (κ3) is 4.21. The molecule has 0 aliphatic carbocycles. The van der Waals surface area contributed by atoms with Crippen LogP contribution >= 0.6 is 11.6 Å². The molecule has 1 fully saturated rings. The molecule has 0 aromatic carbocycles. The maximum absolute atomic E-state index is 5.86. The SMILES string of the molecule is CC(CNc1ncnc(Cl)c1N)CN1CCCCC1. The van der Waals surface area contributed by atoms with Crippen molar-refractivity contribution in [3.05, 3.63) is 11.5 Å². The number of anilines is 2. The fraction of sp³-hybridized carbons (Fsp3) is 0.692. The minimum Gasteiger partial charge on any atom is -0.393 e. The van der Waals surface area contributed by atoms with Gasteiger partial charge in [-0.05, 0) is 31.8 Å². The lowest BCUT2D eigenvalue weighted by molar-refractivity contribution is 0.204. The van der Waals surface area contributed by atoms with Gasteiger partial charge >= 0.3 is 0 Å². The molecule has 0 radical (unpaired) electrons. The zero-order chi connectivity index (χ0) is 13.7. The van der Waals surface area contributed by atoms with E-state index < -0.39 is 0 Å². The highest BCUT2D eigenvalue weighted by Gasteiger charge is 2.14. The number of nitrogens with one attached hydrogen (secondary N) is 1. The molecule has 106 valence electrons. The van der Waals surface area contributed by atoms with Crippen LogP contribution in [0.4, 0.5) is 11.5 Å². The van der Waals surface area contributed by atoms with E-state index in [1.54, 1.807) is 0 Å². The maximum atomic E-state index is 5.86. The Labute approximate surface area is 119 Å². The molecule has 0 spiro atoms. The third-order valence-corrected chi connectivity index (χ3v) is 3.77. The lowest BCUT2D eigenvalue weighted by Crippen LogP contribution is -2.35. The Hall–Kier alpha value is -1.07. The summed E-state index contributed by atoms with van der Waals surface area (Å²) in [6, 6.07) is 0. The van der Waals surface area contributed by atoms with Crippen LogP contribution in [0.2, 0.25) is 5.15 Å². The Morgan fingerprint density at radius 3 is 2.84 bits per heavy atom. The van der Waals surface area contributed by atoms with Gasteiger partial charge in [0.2, 0.25) is 0 Å². The monoisotopic (exact) mass is 283 g/mol. The number of hydrogen-bond acceptors (Lipinski definition) is 5. The van der Waals surface area contributed by atoms with Crippen molar-refractivity contribution in [3.8, 4) is 0 Å². The summed E-state index contributed by atoms with van der Waals surface area (Å²) in [6.07, 6.45) is 5.46. The van der Waals surface area contributed by atoms with Crippen LogP contribution in [0, 0.1) is 5.92 Å². The number of rotatable bonds is 5. The quantitative estimate of drug-likeness (QED) is 0.811. The molecule has 0 saturated carbocycles. The topological polar surface area (TPSA) is 67.1 Å². The van der Waals surface area contributed by atoms with Gasteiger partial charge in [0.05, 0.1) is 0 Å². The van der Waals surface area contributed by atoms with Crippen LogP contribution < -0.4 is 11.1 Å². The summed E-state index contributed by atoms with van der Waals surface area (Å²) >= 11 is 5.86. The first-order valence-electron chi connectivity index (χ1n) is 6.89. The van der Waals surface area contributed by atoms with Crippen LogP contribution in [0.3, 0.4) is 0 Å². The number of hydrogen-bond donors (Lipinski definition) is 2. The molecule has 2 rings (SSSR count). The number of piperidine rings is 1. The molecule has 5 nitrogen and oxygen atoms in total. The molecule has 1 aromatic rings. The van der Waals surface area contributed by atoms with Crippen molar-refractivity contribution in [2.24, 2.45) is 5.92 Å². The summed E-state index contributed by atoms with van der Waals surface area (Å²) in [5.74, 6) is 1.18. The van der Waals surface area contributed by atoms with Crippen LogP contribution in [-0.4, -0.2) is 41.0 Å². The van der Waals surface area contributed by atoms with Crippen molar-refractivity contribution < 1.29 is 0 Å². The zero-order valence-corrected chi connectivity index (χ0v) is 12.2. The number of aromatic nitrogens is 2. The molecular weight excluding hydrogens is 262 g/mol. The first-order valence-corrected chi connectivity index (χ1v) is 7.27. The molecule has 1 unspecified atom stereocenters. The van der Waals surface area contributed by atoms with Gasteiger partial charge in [0.15, 0.2) is 11.0 Å². The molecule has 3 N–H and O–H groups in total. The minimum atomic E-state index is 0.307. The van der Waals surface area contributed by atoms with Gasteiger partial charge in [-0.3, -0.25) is 0 Å². The van der Waals surface area contributed by atoms with E-state index in [0.717, 1.165) is 13.1 Å². The van der Waals surface area contributed by atoms with Crippen molar-refractivity contribution in [1.29, 1.82) is 0 Å². The lowest BCUT2D eigenvalue weighted by atomic mass is 10.1. The Bertz CT molecular complexity index is 406. The molecule has 19 heavy (non-hydrogen) atoms. The highest BCUT2D eigenvalue weighted by molar-refractivity contribution is 6.32. The van der Waals surface area contributed by atoms with Crippen molar-refractivity contribution in [2.45, 2.75) is 26.2 Å². The number of nitrogens with two attached hydrogens (primary N) is 1. The molecule has 1 aliphatic rings. The molecular formula is C13H22ClN5. The second-order valence-electron chi connectivity index (χ2n) is 5.27. The van der Waals surface area contributed by atoms with Crippen LogP contribution in [0.1, 0.15) is 26.2 Å². The standard InChI is InChI=1S/C13H22ClN5/c1-10(8-19-5-3-2-4-6-19)7-16-13-11(15)12(14)17-9-18-13/h9-10H,2-8,15H2,1H3,(H,16,17,18). The number of nitrogens with zero attached hydrogens (tertiary/aromatic N) is 3. The number of halogens is 1. The van der Waals surface area contributed by atoms with E-state index in [1.807, 2.05) is 0 Å². The van der Waals surface area contributed by atoms with Crippen molar-refractivity contribution in [1.82, 2.24) is 14.9 Å². The van der Waals surface area contributed by atoms with Gasteiger partial charge in [-0.25, -0.2) is 9.97 Å². The average molecular weight is 284 g/mol. The van der Waals surface area contributed by atoms with Gasteiger partial charge in [0, 0.05) is 13.1 Å². The zero-order valence-electron chi connectivity index (χ0n) is 11.4. The van der Waals surface area contributed by atoms with Crippen molar-refractivity contribution in [3.63, 3.8) is 0 Å². The summed E-state index contributed by atoms with van der Waals surface area (Å²) in [5.41, 5.74) is 6.25. The van der Waals surface area contributed by atoms with Gasteiger partial charge in [0.1, 0.15) is 12.0 Å². The fourth-order valence-electron chi connectivity index (χ4n) is 2.43. The largest absolute Gasteiger partial charge is 0.393 e. The summed E-state index contributed by atoms with van der Waals surface area (Å²) in [4.78, 5) is 10.5. The summed E-state index contributed by atoms with van der Waals surface area (Å²) in [6.45, 7) is 6.65. The van der Waals surface area contributed by atoms with Crippen LogP contribution in [0.5, 0.6) is 0 Å². The van der Waals surface area contributed by atoms with E-state index in [2.05, 4.69) is 27.1 Å². The second kappa shape index (κ2) is 6.91. The molecule has 0 amide bonds. The summed E-state index contributed by atoms with van der Waals surface area (Å²) in [5, 5.41) is 3.56. The normalized spacial score (nSPS) is 18.2. The fourth-order valence-corrected chi connectivity index (χ4v) is 2.57. The van der Waals surface area contributed by atoms with Gasteiger partial charge in [-0.2, -0.15) is 0 Å². The van der Waals surface area contributed by atoms with E-state index in [0.29, 0.717) is 22.6 Å². The Morgan fingerprint density at radius 1 is 1.37 bits per heavy atom. The molecule has 2 heterocycles. The highest BCUT2D eigenvalue weighted by atomic mass is 35.5. The van der Waals surface area contributed by atoms with Gasteiger partial charge in [0.25, 0.3) is 0 Å². The molecule has 1 atom stereocenters. The average Bonchev–Trinajstić information content (AvgIpc) is 2.42. The minimum absolute atomic E-state index is 0.307. The second-order valence-corrected chi connectivity index (χ2v) is 5.63. The van der Waals surface area contributed by atoms with Crippen LogP contribution in [-0.2, 0) is 0 Å². The first kappa shape index (κ1) is 14.3. The Balaban J connectivity index is 1.79. The predicted octanol–water partition coefficient (Wildman–Crippen LogP) is 2.25. The first-order chi connectivity index (χ1) is 9.16. The van der Waals surface area contributed by atoms with Gasteiger partial charge in [-0.15, -0.1) is 0 Å². The smallest absolute Gasteiger partial charge is 0.157 e. The van der Waals surface area contributed by atoms with Gasteiger partial charge in [-0.1, -0.05) is 24.9 Å². The predicted molar refractivity (Wildman–Crippen MR) is 79.4 cm³/mol. The molecule has 1 saturated heterocycles. The van der Waals surface area contributed by atoms with E-state index in [-0.39, 0.29) is 0 Å². The molecule has 6 heteroatoms. The highest BCUT2D eigenvalue weighted by Crippen LogP contribution is 2.22. The summed E-state index contributed by atoms with van der Waals surface area (Å²) in [7, 11) is 0. The van der Waals surface area contributed by atoms with E-state index in [4.69, 9.17) is 17.3 Å². The molecule has 1 aromatic heterocycles. The van der Waals surface area contributed by atoms with E-state index >= 15 is 0 Å². The summed E-state index contributed by atoms with van der Waals surface area (Å²) < 4.78 is 0. The Kier molecular flexibility index (Phi) is 5.22. The van der Waals surface area contributed by atoms with E-state index in [1.165, 1.54) is 38.7 Å². The van der Waals surface area contributed by atoms with Crippen LogP contribution in [0.15, 0.2) is 6.33 Å². The molecule has 0 bridgehead atoms. The van der Waals surface area contributed by atoms with E-state index in [9.17, 15) is 0 Å². The lowest BCUT2D eigenvalue weighted by Gasteiger charge is -2.29. The van der Waals surface area contributed by atoms with Crippen LogP contribution in [0.25, 0.3) is 0 Å². The maximum Gasteiger partial charge on any atom is 0.157 e.